The number of unbranched alkanes of at least 4 members (excludes halogenated alkanes) is 1. The highest BCUT2D eigenvalue weighted by atomic mass is 16.2. The van der Waals surface area contributed by atoms with E-state index in [0.29, 0.717) is 17.5 Å². The highest BCUT2D eigenvalue weighted by Crippen LogP contribution is 2.16. The van der Waals surface area contributed by atoms with Crippen LogP contribution >= 0.6 is 0 Å². The first-order chi connectivity index (χ1) is 19.1. The van der Waals surface area contributed by atoms with Crippen LogP contribution in [0.25, 0.3) is 0 Å². The Morgan fingerprint density at radius 2 is 1.10 bits per heavy atom. The highest BCUT2D eigenvalue weighted by molar-refractivity contribution is 6.71. The Bertz CT molecular complexity index is 1370. The van der Waals surface area contributed by atoms with Gasteiger partial charge in [0.2, 0.25) is 11.6 Å². The molecule has 39 heavy (non-hydrogen) atoms. The van der Waals surface area contributed by atoms with Crippen LogP contribution in [0.5, 0.6) is 0 Å². The van der Waals surface area contributed by atoms with Crippen LogP contribution in [0.4, 0.5) is 0 Å². The van der Waals surface area contributed by atoms with Crippen LogP contribution < -0.4 is 0 Å². The van der Waals surface area contributed by atoms with Crippen molar-refractivity contribution in [2.75, 3.05) is 6.54 Å². The van der Waals surface area contributed by atoms with Gasteiger partial charge in [-0.15, -0.1) is 0 Å². The van der Waals surface area contributed by atoms with Crippen LogP contribution in [0, 0.1) is 0 Å². The monoisotopic (exact) mass is 514 g/mol. The topological polar surface area (TPSA) is 58.9 Å². The van der Waals surface area contributed by atoms with Gasteiger partial charge in [0, 0.05) is 28.8 Å². The van der Waals surface area contributed by atoms with Crippen LogP contribution in [0.15, 0.2) is 125 Å². The van der Waals surface area contributed by atoms with Crippen molar-refractivity contribution in [2.24, 2.45) is 9.98 Å². The molecule has 0 fully saturated rings. The predicted octanol–water partition coefficient (Wildman–Crippen LogP) is 7.46. The second-order valence-electron chi connectivity index (χ2n) is 9.57. The molecule has 0 aliphatic heterocycles. The first-order valence-electron chi connectivity index (χ1n) is 13.5. The Kier molecular flexibility index (Phi) is 9.85. The summed E-state index contributed by atoms with van der Waals surface area (Å²) in [4.78, 5) is 36.3. The van der Waals surface area contributed by atoms with Gasteiger partial charge in [0.1, 0.15) is 0 Å². The van der Waals surface area contributed by atoms with Crippen LogP contribution in [-0.2, 0) is 6.42 Å². The molecule has 0 spiro atoms. The van der Waals surface area contributed by atoms with Crippen LogP contribution in [0.2, 0.25) is 0 Å². The summed E-state index contributed by atoms with van der Waals surface area (Å²) >= 11 is 0. The number of hydrogen-bond acceptors (Lipinski definition) is 4. The fraction of sp³-hybridized carbons (Fsp3) is 0.200. The van der Waals surface area contributed by atoms with Crippen molar-refractivity contribution in [3.05, 3.63) is 143 Å². The first kappa shape index (κ1) is 27.6. The molecule has 196 valence electrons. The van der Waals surface area contributed by atoms with E-state index in [2.05, 4.69) is 48.3 Å². The number of hydrogen-bond donors (Lipinski definition) is 0. The molecule has 0 bridgehead atoms. The van der Waals surface area contributed by atoms with Gasteiger partial charge in [-0.2, -0.15) is 0 Å². The molecule has 4 rings (SSSR count). The number of rotatable bonds is 12. The van der Waals surface area contributed by atoms with Gasteiger partial charge >= 0.3 is 0 Å². The predicted molar refractivity (Wildman–Crippen MR) is 160 cm³/mol. The number of aliphatic imine (C=N–C) groups is 2. The van der Waals surface area contributed by atoms with Crippen molar-refractivity contribution in [1.29, 1.82) is 0 Å². The molecule has 1 unspecified atom stereocenters. The quantitative estimate of drug-likeness (QED) is 0.0852. The van der Waals surface area contributed by atoms with Crippen molar-refractivity contribution in [1.82, 2.24) is 0 Å². The zero-order chi connectivity index (χ0) is 27.5. The maximum atomic E-state index is 13.3. The van der Waals surface area contributed by atoms with Crippen molar-refractivity contribution >= 4 is 23.0 Å². The molecule has 4 heteroatoms. The number of carbonyl (C=O) groups excluding carboxylic acids is 2. The van der Waals surface area contributed by atoms with Crippen molar-refractivity contribution < 1.29 is 9.59 Å². The van der Waals surface area contributed by atoms with E-state index in [1.807, 2.05) is 37.3 Å². The molecule has 0 saturated heterocycles. The maximum Gasteiger partial charge on any atom is 0.214 e. The van der Waals surface area contributed by atoms with Gasteiger partial charge in [-0.25, -0.2) is 0 Å². The van der Waals surface area contributed by atoms with Gasteiger partial charge in [0.15, 0.2) is 5.71 Å². The van der Waals surface area contributed by atoms with Gasteiger partial charge in [0.05, 0.1) is 11.8 Å². The Morgan fingerprint density at radius 1 is 0.641 bits per heavy atom. The van der Waals surface area contributed by atoms with Gasteiger partial charge in [-0.1, -0.05) is 129 Å². The lowest BCUT2D eigenvalue weighted by Crippen LogP contribution is -2.27. The van der Waals surface area contributed by atoms with Crippen LogP contribution in [0.1, 0.15) is 64.1 Å². The van der Waals surface area contributed by atoms with E-state index in [-0.39, 0.29) is 23.3 Å². The van der Waals surface area contributed by atoms with E-state index >= 15 is 0 Å². The van der Waals surface area contributed by atoms with E-state index in [9.17, 15) is 9.59 Å². The van der Waals surface area contributed by atoms with Gasteiger partial charge < -0.3 is 0 Å². The van der Waals surface area contributed by atoms with E-state index in [0.717, 1.165) is 41.8 Å². The minimum atomic E-state index is -0.359. The molecule has 4 aromatic rings. The van der Waals surface area contributed by atoms with Gasteiger partial charge in [0.25, 0.3) is 0 Å². The molecule has 4 aromatic carbocycles. The van der Waals surface area contributed by atoms with Crippen LogP contribution in [0.3, 0.4) is 0 Å². The molecule has 0 saturated carbocycles. The first-order valence-corrected chi connectivity index (χ1v) is 13.5. The normalized spacial score (nSPS) is 12.0. The molecular weight excluding hydrogens is 480 g/mol. The third-order valence-electron chi connectivity index (χ3n) is 6.44. The lowest BCUT2D eigenvalue weighted by molar-refractivity contribution is 0.102. The molecule has 1 atom stereocenters. The molecule has 0 amide bonds. The van der Waals surface area contributed by atoms with E-state index in [1.165, 1.54) is 0 Å². The number of Topliss-reactive ketones (excluding diaryl/α,β-unsaturated/α-hetero) is 2. The fourth-order valence-electron chi connectivity index (χ4n) is 4.37. The summed E-state index contributed by atoms with van der Waals surface area (Å²) in [6, 6.07) is 36.0. The summed E-state index contributed by atoms with van der Waals surface area (Å²) < 4.78 is 0. The zero-order valence-corrected chi connectivity index (χ0v) is 22.6. The second kappa shape index (κ2) is 13.9. The SMILES string of the molecule is CCCC/N=C(\c1ccccc1)c1ccc(CC(C)N=C(C(=O)c2ccccc2)C(=O)c2ccccc2)cc1. The Hall–Kier alpha value is -4.44. The number of carbonyl (C=O) groups is 2. The molecule has 0 radical (unpaired) electrons. The smallest absolute Gasteiger partial charge is 0.214 e. The Balaban J connectivity index is 1.57. The summed E-state index contributed by atoms with van der Waals surface area (Å²) in [7, 11) is 0. The average Bonchev–Trinajstić information content (AvgIpc) is 2.99. The van der Waals surface area contributed by atoms with E-state index in [1.54, 1.807) is 48.5 Å². The molecule has 0 aromatic heterocycles. The molecular formula is C35H34N2O2. The van der Waals surface area contributed by atoms with Crippen molar-refractivity contribution in [3.8, 4) is 0 Å². The number of nitrogens with zero attached hydrogens (tertiary/aromatic N) is 2. The highest BCUT2D eigenvalue weighted by Gasteiger charge is 2.24. The lowest BCUT2D eigenvalue weighted by Gasteiger charge is -2.12. The van der Waals surface area contributed by atoms with Crippen molar-refractivity contribution in [3.63, 3.8) is 0 Å². The summed E-state index contributed by atoms with van der Waals surface area (Å²) in [6.07, 6.45) is 2.75. The molecule has 0 aliphatic rings. The van der Waals surface area contributed by atoms with E-state index < -0.39 is 0 Å². The molecule has 0 aliphatic carbocycles. The zero-order valence-electron chi connectivity index (χ0n) is 22.6. The van der Waals surface area contributed by atoms with E-state index in [4.69, 9.17) is 4.99 Å². The number of benzene rings is 4. The fourth-order valence-corrected chi connectivity index (χ4v) is 4.37. The van der Waals surface area contributed by atoms with Crippen molar-refractivity contribution in [2.45, 2.75) is 39.2 Å². The third-order valence-corrected chi connectivity index (χ3v) is 6.44. The second-order valence-corrected chi connectivity index (χ2v) is 9.57. The maximum absolute atomic E-state index is 13.3. The van der Waals surface area contributed by atoms with Gasteiger partial charge in [-0.3, -0.25) is 19.6 Å². The Labute approximate surface area is 231 Å². The minimum Gasteiger partial charge on any atom is -0.287 e. The van der Waals surface area contributed by atoms with Crippen LogP contribution in [-0.4, -0.2) is 35.6 Å². The average molecular weight is 515 g/mol. The largest absolute Gasteiger partial charge is 0.287 e. The Morgan fingerprint density at radius 3 is 1.59 bits per heavy atom. The molecule has 4 nitrogen and oxygen atoms in total. The van der Waals surface area contributed by atoms with Gasteiger partial charge in [-0.05, 0) is 25.3 Å². The summed E-state index contributed by atoms with van der Waals surface area (Å²) in [5, 5.41) is 0. The lowest BCUT2D eigenvalue weighted by atomic mass is 9.97. The number of ketones is 2. The summed E-state index contributed by atoms with van der Waals surface area (Å²) in [5.74, 6) is -0.718. The third kappa shape index (κ3) is 7.55. The minimum absolute atomic E-state index is 0.0362. The summed E-state index contributed by atoms with van der Waals surface area (Å²) in [6.45, 7) is 4.90. The summed E-state index contributed by atoms with van der Waals surface area (Å²) in [5.41, 5.74) is 5.10. The molecule has 0 heterocycles. The standard InChI is InChI=1S/C35H34N2O2/c1-3-4-24-36-32(28-14-8-5-9-15-28)29-22-20-27(21-23-29)25-26(2)37-33(34(38)30-16-10-6-11-17-30)35(39)31-18-12-7-13-19-31/h5-23,26H,3-4,24-25H2,1-2H3/b36-32+. The molecule has 0 N–H and O–H groups in total.